The average Bonchev–Trinajstić information content (AvgIpc) is 2.75. The highest BCUT2D eigenvalue weighted by Gasteiger charge is 2.33. The summed E-state index contributed by atoms with van der Waals surface area (Å²) < 4.78 is 28.2. The van der Waals surface area contributed by atoms with Crippen molar-refractivity contribution in [2.45, 2.75) is 31.3 Å². The Morgan fingerprint density at radius 2 is 1.78 bits per heavy atom. The van der Waals surface area contributed by atoms with Crippen LogP contribution >= 0.6 is 0 Å². The van der Waals surface area contributed by atoms with E-state index in [1.165, 1.54) is 10.6 Å². The maximum Gasteiger partial charge on any atom is 0.341 e. The van der Waals surface area contributed by atoms with E-state index in [4.69, 9.17) is 0 Å². The number of aryl methyl sites for hydroxylation is 1. The minimum Gasteiger partial charge on any atom is -0.477 e. The number of nitrogens with one attached hydrogen (secondary N) is 1. The lowest BCUT2D eigenvalue weighted by Gasteiger charge is -2.35. The zero-order valence-corrected chi connectivity index (χ0v) is 18.4. The number of aromatic carboxylic acids is 1. The molecule has 0 spiro atoms. The monoisotopic (exact) mass is 452 g/mol. The van der Waals surface area contributed by atoms with Crippen LogP contribution in [0.4, 0.5) is 0 Å². The number of fused-ring (bicyclic) bond motifs is 1. The van der Waals surface area contributed by atoms with Gasteiger partial charge in [0.25, 0.3) is 5.56 Å². The third kappa shape index (κ3) is 4.66. The highest BCUT2D eigenvalue weighted by molar-refractivity contribution is 7.88. The van der Waals surface area contributed by atoms with Crippen LogP contribution in [-0.2, 0) is 22.9 Å². The Balaban J connectivity index is 1.78. The Kier molecular flexibility index (Phi) is 5.99. The normalized spacial score (nSPS) is 18.2. The highest BCUT2D eigenvalue weighted by Crippen LogP contribution is 2.29. The Bertz CT molecular complexity index is 1320. The van der Waals surface area contributed by atoms with Crippen molar-refractivity contribution in [1.29, 1.82) is 0 Å². The van der Waals surface area contributed by atoms with E-state index in [9.17, 15) is 23.1 Å². The van der Waals surface area contributed by atoms with Crippen molar-refractivity contribution in [1.82, 2.24) is 9.29 Å². The topological polar surface area (TPSA) is 105 Å². The fraction of sp³-hybridized carbons (Fsp3) is 0.250. The molecule has 3 aromatic rings. The van der Waals surface area contributed by atoms with E-state index in [0.717, 1.165) is 22.9 Å². The number of carbonyl (C=O) groups is 1. The summed E-state index contributed by atoms with van der Waals surface area (Å²) in [6.45, 7) is 0. The number of benzene rings is 2. The van der Waals surface area contributed by atoms with Gasteiger partial charge in [-0.1, -0.05) is 54.6 Å². The molecule has 0 unspecified atom stereocenters. The number of hydrogen-bond donors (Lipinski definition) is 2. The van der Waals surface area contributed by atoms with Crippen LogP contribution in [0.5, 0.6) is 0 Å². The lowest BCUT2D eigenvalue weighted by atomic mass is 9.90. The summed E-state index contributed by atoms with van der Waals surface area (Å²) in [6.07, 6.45) is 2.46. The van der Waals surface area contributed by atoms with Gasteiger partial charge in [0.05, 0.1) is 12.3 Å². The van der Waals surface area contributed by atoms with Crippen molar-refractivity contribution >= 4 is 16.0 Å². The standard InChI is InChI=1S/C24H24N2O5S/c1-32(30,31)25-21-13-11-19-10-12-20(24(28)29)23(27)26(19)22(21)15-16-6-5-9-18(14-16)17-7-3-2-4-8-17/h2-10,12,14,21-22,25H,11,13,15H2,1H3,(H,28,29)/t21-,22-/m0/s1. The van der Waals surface area contributed by atoms with E-state index < -0.39 is 33.6 Å². The fourth-order valence-electron chi connectivity index (χ4n) is 4.39. The molecule has 0 aliphatic carbocycles. The zero-order chi connectivity index (χ0) is 22.9. The van der Waals surface area contributed by atoms with Gasteiger partial charge in [0.2, 0.25) is 10.0 Å². The maximum absolute atomic E-state index is 13.1. The third-order valence-corrected chi connectivity index (χ3v) is 6.51. The molecule has 166 valence electrons. The van der Waals surface area contributed by atoms with Gasteiger partial charge in [0.15, 0.2) is 0 Å². The summed E-state index contributed by atoms with van der Waals surface area (Å²) in [4.78, 5) is 24.6. The van der Waals surface area contributed by atoms with Gasteiger partial charge in [-0.2, -0.15) is 0 Å². The van der Waals surface area contributed by atoms with Crippen LogP contribution in [0.15, 0.2) is 71.5 Å². The average molecular weight is 453 g/mol. The molecular weight excluding hydrogens is 428 g/mol. The molecule has 1 aliphatic rings. The van der Waals surface area contributed by atoms with E-state index in [0.29, 0.717) is 25.0 Å². The quantitative estimate of drug-likeness (QED) is 0.598. The van der Waals surface area contributed by atoms with Crippen LogP contribution in [0.2, 0.25) is 0 Å². The van der Waals surface area contributed by atoms with Crippen molar-refractivity contribution in [3.05, 3.63) is 93.9 Å². The molecule has 7 nitrogen and oxygen atoms in total. The summed E-state index contributed by atoms with van der Waals surface area (Å²) in [5.41, 5.74) is 2.76. The van der Waals surface area contributed by atoms with Crippen molar-refractivity contribution < 1.29 is 18.3 Å². The molecular formula is C24H24N2O5S. The van der Waals surface area contributed by atoms with Crippen molar-refractivity contribution in [2.24, 2.45) is 0 Å². The minimum absolute atomic E-state index is 0.322. The molecule has 32 heavy (non-hydrogen) atoms. The first kappa shape index (κ1) is 22.0. The molecule has 2 N–H and O–H groups in total. The molecule has 4 rings (SSSR count). The second-order valence-electron chi connectivity index (χ2n) is 8.09. The number of sulfonamides is 1. The largest absolute Gasteiger partial charge is 0.477 e. The highest BCUT2D eigenvalue weighted by atomic mass is 32.2. The lowest BCUT2D eigenvalue weighted by molar-refractivity contribution is 0.0693. The number of rotatable bonds is 6. The molecule has 0 amide bonds. The molecule has 0 bridgehead atoms. The number of aromatic nitrogens is 1. The maximum atomic E-state index is 13.1. The summed E-state index contributed by atoms with van der Waals surface area (Å²) in [5, 5.41) is 9.43. The Hall–Kier alpha value is -3.23. The fourth-order valence-corrected chi connectivity index (χ4v) is 5.22. The minimum atomic E-state index is -3.52. The van der Waals surface area contributed by atoms with Crippen LogP contribution in [0.3, 0.4) is 0 Å². The summed E-state index contributed by atoms with van der Waals surface area (Å²) in [5.74, 6) is -1.30. The molecule has 1 aromatic heterocycles. The van der Waals surface area contributed by atoms with E-state index in [2.05, 4.69) is 4.72 Å². The summed E-state index contributed by atoms with van der Waals surface area (Å²) in [7, 11) is -3.52. The molecule has 2 atom stereocenters. The number of nitrogens with zero attached hydrogens (tertiary/aromatic N) is 1. The van der Waals surface area contributed by atoms with Crippen molar-refractivity contribution in [3.63, 3.8) is 0 Å². The van der Waals surface area contributed by atoms with Gasteiger partial charge in [-0.05, 0) is 48.1 Å². The molecule has 0 saturated heterocycles. The van der Waals surface area contributed by atoms with Crippen molar-refractivity contribution in [2.75, 3.05) is 6.26 Å². The first-order valence-corrected chi connectivity index (χ1v) is 12.2. The second kappa shape index (κ2) is 8.72. The predicted octanol–water partition coefficient (Wildman–Crippen LogP) is 2.86. The van der Waals surface area contributed by atoms with E-state index in [1.54, 1.807) is 6.07 Å². The third-order valence-electron chi connectivity index (χ3n) is 5.78. The van der Waals surface area contributed by atoms with Gasteiger partial charge in [0, 0.05) is 11.7 Å². The molecule has 0 saturated carbocycles. The van der Waals surface area contributed by atoms with Crippen LogP contribution in [-0.4, -0.2) is 36.4 Å². The Labute approximate surface area is 186 Å². The Morgan fingerprint density at radius 1 is 1.06 bits per heavy atom. The molecule has 2 heterocycles. The SMILES string of the molecule is CS(=O)(=O)N[C@H]1CCc2ccc(C(=O)O)c(=O)n2[C@H]1Cc1cccc(-c2ccccc2)c1. The number of carboxylic acid groups (broad SMARTS) is 1. The van der Waals surface area contributed by atoms with Crippen molar-refractivity contribution in [3.8, 4) is 11.1 Å². The van der Waals surface area contributed by atoms with Gasteiger partial charge in [-0.25, -0.2) is 17.9 Å². The van der Waals surface area contributed by atoms with Crippen LogP contribution in [0, 0.1) is 0 Å². The second-order valence-corrected chi connectivity index (χ2v) is 9.87. The molecule has 0 radical (unpaired) electrons. The van der Waals surface area contributed by atoms with Crippen LogP contribution in [0.25, 0.3) is 11.1 Å². The van der Waals surface area contributed by atoms with E-state index in [1.807, 2.05) is 54.6 Å². The predicted molar refractivity (Wildman–Crippen MR) is 122 cm³/mol. The molecule has 0 fully saturated rings. The van der Waals surface area contributed by atoms with Gasteiger partial charge in [0.1, 0.15) is 5.56 Å². The van der Waals surface area contributed by atoms with Gasteiger partial charge >= 0.3 is 5.97 Å². The smallest absolute Gasteiger partial charge is 0.341 e. The summed E-state index contributed by atoms with van der Waals surface area (Å²) in [6, 6.07) is 19.6. The molecule has 2 aromatic carbocycles. The number of carboxylic acids is 1. The van der Waals surface area contributed by atoms with Crippen LogP contribution < -0.4 is 10.3 Å². The first-order chi connectivity index (χ1) is 15.2. The first-order valence-electron chi connectivity index (χ1n) is 10.3. The number of hydrogen-bond acceptors (Lipinski definition) is 4. The van der Waals surface area contributed by atoms with Gasteiger partial charge < -0.3 is 9.67 Å². The lowest BCUT2D eigenvalue weighted by Crippen LogP contribution is -2.49. The Morgan fingerprint density at radius 3 is 2.47 bits per heavy atom. The van der Waals surface area contributed by atoms with E-state index >= 15 is 0 Å². The zero-order valence-electron chi connectivity index (χ0n) is 17.6. The van der Waals surface area contributed by atoms with Gasteiger partial charge in [-0.3, -0.25) is 4.79 Å². The van der Waals surface area contributed by atoms with Crippen LogP contribution in [0.1, 0.15) is 34.1 Å². The number of pyridine rings is 1. The molecule has 8 heteroatoms. The van der Waals surface area contributed by atoms with Gasteiger partial charge in [-0.15, -0.1) is 0 Å². The summed E-state index contributed by atoms with van der Waals surface area (Å²) >= 11 is 0. The molecule has 1 aliphatic heterocycles. The van der Waals surface area contributed by atoms with E-state index in [-0.39, 0.29) is 5.56 Å².